The summed E-state index contributed by atoms with van der Waals surface area (Å²) >= 11 is 0. The summed E-state index contributed by atoms with van der Waals surface area (Å²) in [4.78, 5) is 28.1. The summed E-state index contributed by atoms with van der Waals surface area (Å²) in [6.45, 7) is 6.08. The van der Waals surface area contributed by atoms with Crippen molar-refractivity contribution in [3.63, 3.8) is 0 Å². The highest BCUT2D eigenvalue weighted by molar-refractivity contribution is 5.94. The van der Waals surface area contributed by atoms with Crippen molar-refractivity contribution in [1.82, 2.24) is 9.80 Å². The van der Waals surface area contributed by atoms with Crippen LogP contribution in [0.15, 0.2) is 18.2 Å². The molecule has 0 radical (unpaired) electrons. The third-order valence-electron chi connectivity index (χ3n) is 4.00. The Morgan fingerprint density at radius 1 is 1.14 bits per heavy atom. The predicted molar refractivity (Wildman–Crippen MR) is 83.1 cm³/mol. The van der Waals surface area contributed by atoms with E-state index in [0.29, 0.717) is 43.7 Å². The smallest absolute Gasteiger partial charge is 0.253 e. The molecule has 2 rings (SSSR count). The minimum atomic E-state index is -0.302. The lowest BCUT2D eigenvalue weighted by Gasteiger charge is -2.22. The van der Waals surface area contributed by atoms with Crippen LogP contribution in [0.25, 0.3) is 0 Å². The molecule has 0 unspecified atom stereocenters. The lowest BCUT2D eigenvalue weighted by molar-refractivity contribution is -0.131. The maximum Gasteiger partial charge on any atom is 0.253 e. The molecule has 1 aliphatic heterocycles. The van der Waals surface area contributed by atoms with Crippen molar-refractivity contribution in [2.24, 2.45) is 0 Å². The van der Waals surface area contributed by atoms with Gasteiger partial charge in [0.15, 0.2) is 0 Å². The first-order valence-electron chi connectivity index (χ1n) is 7.86. The molecule has 0 atom stereocenters. The predicted octanol–water partition coefficient (Wildman–Crippen LogP) is 2.61. The Labute approximate surface area is 130 Å². The normalized spacial score (nSPS) is 15.6. The number of halogens is 1. The van der Waals surface area contributed by atoms with E-state index in [1.807, 2.05) is 11.8 Å². The molecule has 0 aliphatic carbocycles. The van der Waals surface area contributed by atoms with Crippen molar-refractivity contribution in [3.8, 4) is 0 Å². The summed E-state index contributed by atoms with van der Waals surface area (Å²) in [6, 6.07) is 4.44. The Morgan fingerprint density at radius 2 is 1.82 bits per heavy atom. The second-order valence-corrected chi connectivity index (χ2v) is 5.74. The molecule has 0 N–H and O–H groups in total. The summed E-state index contributed by atoms with van der Waals surface area (Å²) < 4.78 is 13.3. The van der Waals surface area contributed by atoms with Gasteiger partial charge in [-0.3, -0.25) is 9.59 Å². The van der Waals surface area contributed by atoms with Gasteiger partial charge in [-0.2, -0.15) is 0 Å². The first-order valence-corrected chi connectivity index (χ1v) is 7.86. The van der Waals surface area contributed by atoms with Gasteiger partial charge >= 0.3 is 0 Å². The van der Waals surface area contributed by atoms with Gasteiger partial charge in [0.1, 0.15) is 5.82 Å². The van der Waals surface area contributed by atoms with Crippen LogP contribution in [0.3, 0.4) is 0 Å². The molecule has 1 heterocycles. The molecule has 0 saturated carbocycles. The Morgan fingerprint density at radius 3 is 2.50 bits per heavy atom. The van der Waals surface area contributed by atoms with Crippen molar-refractivity contribution >= 4 is 11.8 Å². The van der Waals surface area contributed by atoms with E-state index >= 15 is 0 Å². The zero-order chi connectivity index (χ0) is 16.1. The van der Waals surface area contributed by atoms with Gasteiger partial charge in [0.05, 0.1) is 0 Å². The summed E-state index contributed by atoms with van der Waals surface area (Å²) in [6.07, 6.45) is 2.18. The lowest BCUT2D eigenvalue weighted by atomic mass is 10.1. The highest BCUT2D eigenvalue weighted by Crippen LogP contribution is 2.14. The number of aryl methyl sites for hydroxylation is 1. The molecule has 1 aliphatic rings. The van der Waals surface area contributed by atoms with Crippen LogP contribution in [-0.2, 0) is 4.79 Å². The fraction of sp³-hybridized carbons (Fsp3) is 0.529. The van der Waals surface area contributed by atoms with E-state index in [0.717, 1.165) is 12.8 Å². The molecule has 1 fully saturated rings. The Bertz CT molecular complexity index is 560. The van der Waals surface area contributed by atoms with Crippen LogP contribution in [0.5, 0.6) is 0 Å². The SMILES string of the molecule is CCCC(=O)N1CCCN(C(=O)c2ccc(F)c(C)c2)CC1. The van der Waals surface area contributed by atoms with E-state index < -0.39 is 0 Å². The molecule has 0 bridgehead atoms. The molecule has 1 saturated heterocycles. The number of carbonyl (C=O) groups is 2. The monoisotopic (exact) mass is 306 g/mol. The average Bonchev–Trinajstić information content (AvgIpc) is 2.75. The maximum absolute atomic E-state index is 13.3. The van der Waals surface area contributed by atoms with Crippen LogP contribution >= 0.6 is 0 Å². The van der Waals surface area contributed by atoms with E-state index in [9.17, 15) is 14.0 Å². The number of benzene rings is 1. The molecule has 2 amide bonds. The number of nitrogens with zero attached hydrogens (tertiary/aromatic N) is 2. The second-order valence-electron chi connectivity index (χ2n) is 5.74. The molecule has 22 heavy (non-hydrogen) atoms. The molecule has 1 aromatic carbocycles. The first kappa shape index (κ1) is 16.5. The highest BCUT2D eigenvalue weighted by atomic mass is 19.1. The van der Waals surface area contributed by atoms with Crippen molar-refractivity contribution < 1.29 is 14.0 Å². The fourth-order valence-corrected chi connectivity index (χ4v) is 2.70. The molecule has 4 nitrogen and oxygen atoms in total. The van der Waals surface area contributed by atoms with Crippen molar-refractivity contribution in [2.45, 2.75) is 33.1 Å². The molecule has 1 aromatic rings. The van der Waals surface area contributed by atoms with Crippen LogP contribution in [0.4, 0.5) is 4.39 Å². The van der Waals surface area contributed by atoms with E-state index in [1.165, 1.54) is 12.1 Å². The third kappa shape index (κ3) is 3.84. The summed E-state index contributed by atoms with van der Waals surface area (Å²) in [5.41, 5.74) is 0.979. The van der Waals surface area contributed by atoms with Gasteiger partial charge in [-0.1, -0.05) is 6.92 Å². The molecule has 0 aromatic heterocycles. The van der Waals surface area contributed by atoms with Gasteiger partial charge < -0.3 is 9.80 Å². The number of carbonyl (C=O) groups excluding carboxylic acids is 2. The zero-order valence-electron chi connectivity index (χ0n) is 13.3. The van der Waals surface area contributed by atoms with E-state index in [1.54, 1.807) is 17.9 Å². The van der Waals surface area contributed by atoms with Crippen molar-refractivity contribution in [1.29, 1.82) is 0 Å². The minimum Gasteiger partial charge on any atom is -0.341 e. The van der Waals surface area contributed by atoms with E-state index in [4.69, 9.17) is 0 Å². The minimum absolute atomic E-state index is 0.0899. The van der Waals surface area contributed by atoms with Gasteiger partial charge in [-0.25, -0.2) is 4.39 Å². The molecule has 120 valence electrons. The Kier molecular flexibility index (Phi) is 5.52. The summed E-state index contributed by atoms with van der Waals surface area (Å²) in [7, 11) is 0. The van der Waals surface area contributed by atoms with E-state index in [2.05, 4.69) is 0 Å². The summed E-state index contributed by atoms with van der Waals surface area (Å²) in [5.74, 6) is -0.230. The molecule has 5 heteroatoms. The Hall–Kier alpha value is -1.91. The van der Waals surface area contributed by atoms with Gasteiger partial charge in [0.25, 0.3) is 5.91 Å². The van der Waals surface area contributed by atoms with Crippen molar-refractivity contribution in [3.05, 3.63) is 35.1 Å². The largest absolute Gasteiger partial charge is 0.341 e. The zero-order valence-corrected chi connectivity index (χ0v) is 13.3. The summed E-state index contributed by atoms with van der Waals surface area (Å²) in [5, 5.41) is 0. The van der Waals surface area contributed by atoms with Gasteiger partial charge in [0.2, 0.25) is 5.91 Å². The standard InChI is InChI=1S/C17H23FN2O2/c1-3-5-16(21)19-8-4-9-20(11-10-19)17(22)14-6-7-15(18)13(2)12-14/h6-7,12H,3-5,8-11H2,1-2H3. The van der Waals surface area contributed by atoms with Gasteiger partial charge in [0, 0.05) is 38.2 Å². The number of rotatable bonds is 3. The average molecular weight is 306 g/mol. The molecule has 0 spiro atoms. The highest BCUT2D eigenvalue weighted by Gasteiger charge is 2.22. The maximum atomic E-state index is 13.3. The molecular formula is C17H23FN2O2. The lowest BCUT2D eigenvalue weighted by Crippen LogP contribution is -2.37. The third-order valence-corrected chi connectivity index (χ3v) is 4.00. The van der Waals surface area contributed by atoms with Gasteiger partial charge in [-0.05, 0) is 43.5 Å². The Balaban J connectivity index is 2.02. The van der Waals surface area contributed by atoms with Crippen LogP contribution in [-0.4, -0.2) is 47.8 Å². The molecular weight excluding hydrogens is 283 g/mol. The van der Waals surface area contributed by atoms with Gasteiger partial charge in [-0.15, -0.1) is 0 Å². The second kappa shape index (κ2) is 7.38. The van der Waals surface area contributed by atoms with Crippen molar-refractivity contribution in [2.75, 3.05) is 26.2 Å². The first-order chi connectivity index (χ1) is 10.5. The van der Waals surface area contributed by atoms with Crippen LogP contribution in [0.1, 0.15) is 42.1 Å². The quantitative estimate of drug-likeness (QED) is 0.861. The van der Waals surface area contributed by atoms with Crippen LogP contribution < -0.4 is 0 Å². The van der Waals surface area contributed by atoms with E-state index in [-0.39, 0.29) is 17.6 Å². The number of hydrogen-bond acceptors (Lipinski definition) is 2. The number of amides is 2. The number of hydrogen-bond donors (Lipinski definition) is 0. The van der Waals surface area contributed by atoms with Crippen LogP contribution in [0.2, 0.25) is 0 Å². The van der Waals surface area contributed by atoms with Crippen LogP contribution in [0, 0.1) is 12.7 Å². The topological polar surface area (TPSA) is 40.6 Å². The fourth-order valence-electron chi connectivity index (χ4n) is 2.70.